The predicted molar refractivity (Wildman–Crippen MR) is 191 cm³/mol. The van der Waals surface area contributed by atoms with Crippen LogP contribution in [0.25, 0.3) is 0 Å². The predicted octanol–water partition coefficient (Wildman–Crippen LogP) is 6.31. The normalized spacial score (nSPS) is 15.7. The van der Waals surface area contributed by atoms with Crippen LogP contribution >= 0.6 is 0 Å². The Morgan fingerprint density at radius 1 is 0.660 bits per heavy atom. The van der Waals surface area contributed by atoms with E-state index >= 15 is 0 Å². The Hall–Kier alpha value is -4.56. The van der Waals surface area contributed by atoms with E-state index in [1.165, 1.54) is 0 Å². The maximum atomic E-state index is 12.1. The summed E-state index contributed by atoms with van der Waals surface area (Å²) >= 11 is 0. The van der Waals surface area contributed by atoms with E-state index < -0.39 is 16.8 Å². The van der Waals surface area contributed by atoms with Crippen molar-refractivity contribution in [1.29, 1.82) is 0 Å². The van der Waals surface area contributed by atoms with Gasteiger partial charge in [0.1, 0.15) is 16.8 Å². The summed E-state index contributed by atoms with van der Waals surface area (Å²) in [5.41, 5.74) is 4.32. The Kier molecular flexibility index (Phi) is 11.6. The lowest BCUT2D eigenvalue weighted by Crippen LogP contribution is -2.39. The molecule has 6 heterocycles. The minimum Gasteiger partial charge on any atom is -0.443 e. The number of carbonyl (C=O) groups is 3. The molecule has 3 amide bonds. The van der Waals surface area contributed by atoms with Gasteiger partial charge in [0.25, 0.3) is 0 Å². The molecule has 3 aromatic heterocycles. The number of aryl methyl sites for hydroxylation is 4. The fraction of sp³-hybridized carbons (Fsp3) is 0.657. The van der Waals surface area contributed by atoms with Gasteiger partial charge in [-0.1, -0.05) is 0 Å². The van der Waals surface area contributed by atoms with Gasteiger partial charge < -0.3 is 14.2 Å². The average molecular weight is 698 g/mol. The number of H-pyrrole nitrogens is 1. The molecular formula is C35H55N9O6. The van der Waals surface area contributed by atoms with Crippen LogP contribution in [0, 0.1) is 0 Å². The number of nitrogens with one attached hydrogen (secondary N) is 1. The number of hydrogen-bond acceptors (Lipinski definition) is 9. The molecule has 3 aromatic rings. The molecule has 0 spiro atoms. The van der Waals surface area contributed by atoms with Gasteiger partial charge in [0.2, 0.25) is 0 Å². The van der Waals surface area contributed by atoms with Crippen LogP contribution in [0.4, 0.5) is 31.4 Å². The molecule has 3 aliphatic rings. The second-order valence-corrected chi connectivity index (χ2v) is 15.7. The van der Waals surface area contributed by atoms with Gasteiger partial charge in [-0.15, -0.1) is 0 Å². The van der Waals surface area contributed by atoms with Crippen molar-refractivity contribution in [1.82, 2.24) is 29.8 Å². The van der Waals surface area contributed by atoms with Crippen molar-refractivity contribution in [2.45, 2.75) is 118 Å². The second kappa shape index (κ2) is 15.1. The van der Waals surface area contributed by atoms with E-state index in [0.717, 1.165) is 72.7 Å². The van der Waals surface area contributed by atoms with Gasteiger partial charge in [0, 0.05) is 39.9 Å². The minimum absolute atomic E-state index is 0.286. The first kappa shape index (κ1) is 38.2. The Balaban J connectivity index is 0.000000169. The van der Waals surface area contributed by atoms with E-state index in [2.05, 4.69) is 20.4 Å². The number of carbonyl (C=O) groups excluding carboxylic acids is 3. The molecule has 0 saturated heterocycles. The van der Waals surface area contributed by atoms with E-state index in [4.69, 9.17) is 14.2 Å². The SMILES string of the molecule is CC(C)(C)OC(=O)N1CCCc2[nH]ncc21.Cn1cc2c(n1)CCCN2C(=O)OC(C)(C)C.Cn1ncc2c1CCCN2C(=O)OC(C)(C)C. The summed E-state index contributed by atoms with van der Waals surface area (Å²) in [6.45, 7) is 18.9. The third-order valence-corrected chi connectivity index (χ3v) is 7.73. The number of nitrogens with zero attached hydrogens (tertiary/aromatic N) is 8. The fourth-order valence-electron chi connectivity index (χ4n) is 5.72. The summed E-state index contributed by atoms with van der Waals surface area (Å²) in [6.07, 6.45) is 10.1. The summed E-state index contributed by atoms with van der Waals surface area (Å²) in [4.78, 5) is 41.0. The molecule has 15 nitrogen and oxygen atoms in total. The van der Waals surface area contributed by atoms with Crippen LogP contribution in [0.5, 0.6) is 0 Å². The molecule has 0 aromatic carbocycles. The molecule has 0 aliphatic carbocycles. The summed E-state index contributed by atoms with van der Waals surface area (Å²) in [5, 5.41) is 15.4. The first-order valence-electron chi connectivity index (χ1n) is 17.3. The van der Waals surface area contributed by atoms with E-state index in [1.807, 2.05) is 87.3 Å². The molecule has 0 atom stereocenters. The smallest absolute Gasteiger partial charge is 0.414 e. The lowest BCUT2D eigenvalue weighted by atomic mass is 10.1. The van der Waals surface area contributed by atoms with Crippen molar-refractivity contribution in [3.8, 4) is 0 Å². The third-order valence-electron chi connectivity index (χ3n) is 7.73. The number of aromatic amines is 1. The van der Waals surface area contributed by atoms with E-state index in [9.17, 15) is 14.4 Å². The highest BCUT2D eigenvalue weighted by Crippen LogP contribution is 2.29. The van der Waals surface area contributed by atoms with Gasteiger partial charge in [-0.2, -0.15) is 15.3 Å². The summed E-state index contributed by atoms with van der Waals surface area (Å²) in [6, 6.07) is 0. The zero-order chi connectivity index (χ0) is 37.0. The van der Waals surface area contributed by atoms with Gasteiger partial charge in [-0.25, -0.2) is 14.4 Å². The van der Waals surface area contributed by atoms with E-state index in [-0.39, 0.29) is 18.3 Å². The van der Waals surface area contributed by atoms with Crippen LogP contribution in [0.2, 0.25) is 0 Å². The third kappa shape index (κ3) is 10.2. The van der Waals surface area contributed by atoms with Crippen LogP contribution in [-0.4, -0.2) is 84.5 Å². The number of ether oxygens (including phenoxy) is 3. The largest absolute Gasteiger partial charge is 0.443 e. The topological polar surface area (TPSA) is 153 Å². The molecule has 0 fully saturated rings. The second-order valence-electron chi connectivity index (χ2n) is 15.7. The molecule has 0 saturated carbocycles. The molecule has 0 radical (unpaired) electrons. The molecule has 0 bridgehead atoms. The number of amides is 3. The molecule has 1 N–H and O–H groups in total. The summed E-state index contributed by atoms with van der Waals surface area (Å²) < 4.78 is 19.7. The molecule has 3 aliphatic heterocycles. The number of fused-ring (bicyclic) bond motifs is 3. The Morgan fingerprint density at radius 2 is 1.14 bits per heavy atom. The molecular weight excluding hydrogens is 642 g/mol. The summed E-state index contributed by atoms with van der Waals surface area (Å²) in [7, 11) is 3.77. The molecule has 6 rings (SSSR count). The Bertz CT molecular complexity index is 1600. The van der Waals surface area contributed by atoms with E-state index in [1.54, 1.807) is 31.8 Å². The lowest BCUT2D eigenvalue weighted by molar-refractivity contribution is 0.0567. The first-order chi connectivity index (χ1) is 23.2. The fourth-order valence-corrected chi connectivity index (χ4v) is 5.72. The number of hydrogen-bond donors (Lipinski definition) is 1. The highest BCUT2D eigenvalue weighted by Gasteiger charge is 2.31. The van der Waals surface area contributed by atoms with Crippen molar-refractivity contribution in [2.75, 3.05) is 34.3 Å². The molecule has 276 valence electrons. The molecule has 0 unspecified atom stereocenters. The van der Waals surface area contributed by atoms with E-state index in [0.29, 0.717) is 19.6 Å². The maximum Gasteiger partial charge on any atom is 0.414 e. The Morgan fingerprint density at radius 3 is 1.68 bits per heavy atom. The number of rotatable bonds is 0. The maximum absolute atomic E-state index is 12.1. The number of aromatic nitrogens is 6. The van der Waals surface area contributed by atoms with Crippen molar-refractivity contribution >= 4 is 35.3 Å². The van der Waals surface area contributed by atoms with Crippen LogP contribution in [0.1, 0.15) is 98.7 Å². The standard InChI is InChI=1S/2C12H19N3O2.C11H17N3O2/c1-12(2,3)17-11(16)15-7-5-6-9-10(15)8-14(4)13-9;1-12(2,3)17-11(16)15-7-5-6-9-10(15)8-13-14(9)4;1-11(2,3)16-10(15)14-6-4-5-8-9(14)7-12-13-8/h2*8H,5-7H2,1-4H3;7H,4-6H2,1-3H3,(H,12,13). The van der Waals surface area contributed by atoms with Gasteiger partial charge >= 0.3 is 18.3 Å². The van der Waals surface area contributed by atoms with Crippen LogP contribution < -0.4 is 14.7 Å². The molecule has 15 heteroatoms. The first-order valence-corrected chi connectivity index (χ1v) is 17.3. The summed E-state index contributed by atoms with van der Waals surface area (Å²) in [5.74, 6) is 0. The quantitative estimate of drug-likeness (QED) is 0.266. The lowest BCUT2D eigenvalue weighted by Gasteiger charge is -2.29. The van der Waals surface area contributed by atoms with Crippen molar-refractivity contribution in [2.24, 2.45) is 14.1 Å². The van der Waals surface area contributed by atoms with Crippen molar-refractivity contribution in [3.05, 3.63) is 35.7 Å². The van der Waals surface area contributed by atoms with Gasteiger partial charge in [-0.3, -0.25) is 29.2 Å². The highest BCUT2D eigenvalue weighted by molar-refractivity contribution is 5.90. The minimum atomic E-state index is -0.461. The zero-order valence-corrected chi connectivity index (χ0v) is 31.6. The van der Waals surface area contributed by atoms with Gasteiger partial charge in [-0.05, 0) is 101 Å². The monoisotopic (exact) mass is 697 g/mol. The Labute approximate surface area is 295 Å². The van der Waals surface area contributed by atoms with Crippen molar-refractivity contribution in [3.63, 3.8) is 0 Å². The highest BCUT2D eigenvalue weighted by atomic mass is 16.6. The number of anilines is 3. The van der Waals surface area contributed by atoms with Gasteiger partial charge in [0.15, 0.2) is 0 Å². The van der Waals surface area contributed by atoms with Crippen LogP contribution in [-0.2, 0) is 47.6 Å². The zero-order valence-electron chi connectivity index (χ0n) is 31.6. The average Bonchev–Trinajstić information content (AvgIpc) is 3.72. The van der Waals surface area contributed by atoms with Crippen LogP contribution in [0.15, 0.2) is 18.6 Å². The van der Waals surface area contributed by atoms with Gasteiger partial charge in [0.05, 0.1) is 46.5 Å². The van der Waals surface area contributed by atoms with Crippen molar-refractivity contribution < 1.29 is 28.6 Å². The molecule has 50 heavy (non-hydrogen) atoms. The van der Waals surface area contributed by atoms with Crippen LogP contribution in [0.3, 0.4) is 0 Å².